The predicted molar refractivity (Wildman–Crippen MR) is 90.6 cm³/mol. The lowest BCUT2D eigenvalue weighted by Crippen LogP contribution is -2.54. The molecule has 0 bridgehead atoms. The summed E-state index contributed by atoms with van der Waals surface area (Å²) >= 11 is 0. The fourth-order valence-corrected chi connectivity index (χ4v) is 3.01. The lowest BCUT2D eigenvalue weighted by molar-refractivity contribution is -0.136. The molecule has 1 N–H and O–H groups in total. The molecule has 3 amide bonds. The van der Waals surface area contributed by atoms with E-state index in [9.17, 15) is 14.4 Å². The third kappa shape index (κ3) is 4.12. The van der Waals surface area contributed by atoms with E-state index in [0.29, 0.717) is 50.4 Å². The maximum atomic E-state index is 12.8. The molecule has 1 saturated heterocycles. The lowest BCUT2D eigenvalue weighted by atomic mass is 10.1. The highest BCUT2D eigenvalue weighted by atomic mass is 16.4. The van der Waals surface area contributed by atoms with Gasteiger partial charge in [0.1, 0.15) is 12.2 Å². The van der Waals surface area contributed by atoms with Crippen LogP contribution in [0, 0.1) is 6.92 Å². The smallest absolute Gasteiger partial charge is 0.320 e. The number of carboxylic acids is 1. The van der Waals surface area contributed by atoms with E-state index in [4.69, 9.17) is 9.52 Å². The van der Waals surface area contributed by atoms with Gasteiger partial charge >= 0.3 is 12.0 Å². The number of carbonyl (C=O) groups is 3. The van der Waals surface area contributed by atoms with E-state index in [1.807, 2.05) is 13.8 Å². The van der Waals surface area contributed by atoms with Gasteiger partial charge in [-0.25, -0.2) is 4.79 Å². The van der Waals surface area contributed by atoms with Crippen molar-refractivity contribution in [1.29, 1.82) is 0 Å². The number of urea groups is 1. The molecule has 1 aliphatic heterocycles. The summed E-state index contributed by atoms with van der Waals surface area (Å²) in [5.74, 6) is -1.10. The number of piperazine rings is 1. The predicted octanol–water partition coefficient (Wildman–Crippen LogP) is 1.43. The van der Waals surface area contributed by atoms with Crippen LogP contribution in [0.5, 0.6) is 0 Å². The molecule has 1 fully saturated rings. The average Bonchev–Trinajstić information content (AvgIpc) is 2.95. The number of rotatable bonds is 5. The maximum Gasteiger partial charge on any atom is 0.320 e. The Hall–Kier alpha value is -2.51. The SMILES string of the molecule is CCN(CC)C(=O)N1CCN(C(=O)c2c(C)coc2CC(=O)O)CC1. The molecule has 0 spiro atoms. The van der Waals surface area contributed by atoms with Gasteiger partial charge in [-0.05, 0) is 20.8 Å². The molecule has 1 aliphatic rings. The largest absolute Gasteiger partial charge is 0.481 e. The highest BCUT2D eigenvalue weighted by Crippen LogP contribution is 2.20. The second-order valence-electron chi connectivity index (χ2n) is 6.02. The zero-order chi connectivity index (χ0) is 18.6. The van der Waals surface area contributed by atoms with Gasteiger partial charge in [0.25, 0.3) is 5.91 Å². The first-order valence-corrected chi connectivity index (χ1v) is 8.50. The number of aryl methyl sites for hydroxylation is 1. The molecule has 138 valence electrons. The zero-order valence-electron chi connectivity index (χ0n) is 14.9. The minimum atomic E-state index is -1.04. The summed E-state index contributed by atoms with van der Waals surface area (Å²) in [4.78, 5) is 41.2. The van der Waals surface area contributed by atoms with Gasteiger partial charge in [0.05, 0.1) is 11.8 Å². The molecule has 1 aromatic rings. The van der Waals surface area contributed by atoms with E-state index >= 15 is 0 Å². The van der Waals surface area contributed by atoms with Crippen molar-refractivity contribution in [3.05, 3.63) is 23.2 Å². The maximum absolute atomic E-state index is 12.8. The Kier molecular flexibility index (Phi) is 6.06. The van der Waals surface area contributed by atoms with E-state index in [2.05, 4.69) is 0 Å². The van der Waals surface area contributed by atoms with Crippen molar-refractivity contribution >= 4 is 17.9 Å². The molecule has 0 saturated carbocycles. The number of carboxylic acid groups (broad SMARTS) is 1. The van der Waals surface area contributed by atoms with Crippen molar-refractivity contribution in [2.24, 2.45) is 0 Å². The van der Waals surface area contributed by atoms with Crippen LogP contribution in [0.25, 0.3) is 0 Å². The molecule has 0 radical (unpaired) electrons. The lowest BCUT2D eigenvalue weighted by Gasteiger charge is -2.37. The fraction of sp³-hybridized carbons (Fsp3) is 0.588. The third-order valence-corrected chi connectivity index (χ3v) is 4.45. The number of carbonyl (C=O) groups excluding carboxylic acids is 2. The number of nitrogens with zero attached hydrogens (tertiary/aromatic N) is 3. The number of furan rings is 1. The van der Waals surface area contributed by atoms with Gasteiger partial charge in [0.15, 0.2) is 0 Å². The normalized spacial score (nSPS) is 14.5. The van der Waals surface area contributed by atoms with Crippen molar-refractivity contribution in [2.45, 2.75) is 27.2 Å². The number of hydrogen-bond acceptors (Lipinski definition) is 4. The summed E-state index contributed by atoms with van der Waals surface area (Å²) < 4.78 is 5.24. The molecule has 1 aromatic heterocycles. The first-order chi connectivity index (χ1) is 11.9. The zero-order valence-corrected chi connectivity index (χ0v) is 14.9. The molecule has 8 heteroatoms. The van der Waals surface area contributed by atoms with E-state index < -0.39 is 5.97 Å². The molecular weight excluding hydrogens is 326 g/mol. The fourth-order valence-electron chi connectivity index (χ4n) is 3.01. The first-order valence-electron chi connectivity index (χ1n) is 8.50. The van der Waals surface area contributed by atoms with Gasteiger partial charge in [0.2, 0.25) is 0 Å². The molecule has 0 unspecified atom stereocenters. The van der Waals surface area contributed by atoms with Crippen LogP contribution in [0.2, 0.25) is 0 Å². The van der Waals surface area contributed by atoms with Gasteiger partial charge in [0, 0.05) is 44.8 Å². The molecule has 2 rings (SSSR count). The summed E-state index contributed by atoms with van der Waals surface area (Å²) in [7, 11) is 0. The van der Waals surface area contributed by atoms with Crippen molar-refractivity contribution in [2.75, 3.05) is 39.3 Å². The first kappa shape index (κ1) is 18.8. The quantitative estimate of drug-likeness (QED) is 0.866. The monoisotopic (exact) mass is 351 g/mol. The number of aliphatic carboxylic acids is 1. The van der Waals surface area contributed by atoms with E-state index in [1.54, 1.807) is 21.6 Å². The summed E-state index contributed by atoms with van der Waals surface area (Å²) in [6, 6.07) is -0.0110. The van der Waals surface area contributed by atoms with Crippen LogP contribution in [-0.2, 0) is 11.2 Å². The van der Waals surface area contributed by atoms with E-state index in [0.717, 1.165) is 0 Å². The minimum Gasteiger partial charge on any atom is -0.481 e. The van der Waals surface area contributed by atoms with Crippen LogP contribution in [0.15, 0.2) is 10.7 Å². The van der Waals surface area contributed by atoms with Crippen LogP contribution >= 0.6 is 0 Å². The highest BCUT2D eigenvalue weighted by molar-refractivity contribution is 5.97. The average molecular weight is 351 g/mol. The van der Waals surface area contributed by atoms with Gasteiger partial charge in [-0.15, -0.1) is 0 Å². The second-order valence-corrected chi connectivity index (χ2v) is 6.02. The molecular formula is C17H25N3O5. The minimum absolute atomic E-state index is 0.0110. The summed E-state index contributed by atoms with van der Waals surface area (Å²) in [5, 5.41) is 8.95. The van der Waals surface area contributed by atoms with Crippen LogP contribution in [-0.4, -0.2) is 77.0 Å². The van der Waals surface area contributed by atoms with Gasteiger partial charge in [-0.1, -0.05) is 0 Å². The molecule has 8 nitrogen and oxygen atoms in total. The number of amides is 3. The summed E-state index contributed by atoms with van der Waals surface area (Å²) in [6.45, 7) is 8.68. The molecule has 2 heterocycles. The van der Waals surface area contributed by atoms with Crippen LogP contribution < -0.4 is 0 Å². The van der Waals surface area contributed by atoms with Crippen LogP contribution in [0.1, 0.15) is 35.5 Å². The summed E-state index contributed by atoms with van der Waals surface area (Å²) in [6.07, 6.45) is 1.08. The Morgan fingerprint density at radius 2 is 1.68 bits per heavy atom. The Morgan fingerprint density at radius 3 is 2.20 bits per heavy atom. The molecule has 0 aromatic carbocycles. The Bertz CT molecular complexity index is 643. The molecule has 0 atom stereocenters. The second kappa shape index (κ2) is 8.04. The van der Waals surface area contributed by atoms with E-state index in [-0.39, 0.29) is 24.1 Å². The van der Waals surface area contributed by atoms with Gasteiger partial charge in [-0.2, -0.15) is 0 Å². The standard InChI is InChI=1S/C17H25N3O5/c1-4-18(5-2)17(24)20-8-6-19(7-9-20)16(23)15-12(3)11-25-13(15)10-14(21)22/h11H,4-10H2,1-3H3,(H,21,22). The highest BCUT2D eigenvalue weighted by Gasteiger charge is 2.30. The summed E-state index contributed by atoms with van der Waals surface area (Å²) in [5.41, 5.74) is 0.953. The van der Waals surface area contributed by atoms with Crippen molar-refractivity contribution in [3.63, 3.8) is 0 Å². The molecule has 25 heavy (non-hydrogen) atoms. The van der Waals surface area contributed by atoms with Gasteiger partial charge in [-0.3, -0.25) is 9.59 Å². The Morgan fingerprint density at radius 1 is 1.12 bits per heavy atom. The third-order valence-electron chi connectivity index (χ3n) is 4.45. The van der Waals surface area contributed by atoms with Crippen molar-refractivity contribution in [3.8, 4) is 0 Å². The topological polar surface area (TPSA) is 94.3 Å². The Labute approximate surface area is 147 Å². The van der Waals surface area contributed by atoms with Crippen molar-refractivity contribution in [1.82, 2.24) is 14.7 Å². The van der Waals surface area contributed by atoms with Gasteiger partial charge < -0.3 is 24.2 Å². The number of hydrogen-bond donors (Lipinski definition) is 1. The Balaban J connectivity index is 2.04. The van der Waals surface area contributed by atoms with Crippen LogP contribution in [0.4, 0.5) is 4.79 Å². The van der Waals surface area contributed by atoms with Crippen molar-refractivity contribution < 1.29 is 23.9 Å². The molecule has 0 aliphatic carbocycles. The van der Waals surface area contributed by atoms with Crippen LogP contribution in [0.3, 0.4) is 0 Å². The van der Waals surface area contributed by atoms with E-state index in [1.165, 1.54) is 6.26 Å².